The van der Waals surface area contributed by atoms with E-state index in [0.29, 0.717) is 12.8 Å². The van der Waals surface area contributed by atoms with E-state index in [1.54, 1.807) is 6.08 Å². The van der Waals surface area contributed by atoms with Crippen molar-refractivity contribution in [1.82, 2.24) is 5.32 Å². The van der Waals surface area contributed by atoms with Crippen LogP contribution in [0.2, 0.25) is 0 Å². The van der Waals surface area contributed by atoms with Crippen molar-refractivity contribution in [3.63, 3.8) is 0 Å². The van der Waals surface area contributed by atoms with Crippen molar-refractivity contribution < 1.29 is 49.3 Å². The molecule has 0 aromatic carbocycles. The van der Waals surface area contributed by atoms with E-state index in [1.807, 2.05) is 18.2 Å². The van der Waals surface area contributed by atoms with Crippen LogP contribution in [0.3, 0.4) is 0 Å². The van der Waals surface area contributed by atoms with Gasteiger partial charge in [-0.2, -0.15) is 0 Å². The Morgan fingerprint density at radius 1 is 0.494 bits per heavy atom. The Morgan fingerprint density at radius 2 is 0.889 bits per heavy atom. The lowest BCUT2D eigenvalue weighted by Crippen LogP contribution is -2.61. The molecule has 1 heterocycles. The summed E-state index contributed by atoms with van der Waals surface area (Å²) in [7, 11) is 0. The summed E-state index contributed by atoms with van der Waals surface area (Å²) in [5, 5.41) is 56.9. The van der Waals surface area contributed by atoms with E-state index in [2.05, 4.69) is 135 Å². The van der Waals surface area contributed by atoms with Gasteiger partial charge in [-0.3, -0.25) is 9.59 Å². The third kappa shape index (κ3) is 44.1. The average Bonchev–Trinajstić information content (AvgIpc) is 3.52. The molecule has 11 heteroatoms. The summed E-state index contributed by atoms with van der Waals surface area (Å²) in [5.41, 5.74) is 0. The van der Waals surface area contributed by atoms with Gasteiger partial charge < -0.3 is 45.1 Å². The average molecular weight is 1130 g/mol. The predicted molar refractivity (Wildman–Crippen MR) is 337 cm³/mol. The third-order valence-corrected chi connectivity index (χ3v) is 14.1. The molecule has 0 bridgehead atoms. The molecule has 0 aromatic heterocycles. The number of ether oxygens (including phenoxy) is 3. The summed E-state index contributed by atoms with van der Waals surface area (Å²) < 4.78 is 17.6. The Kier molecular flexibility index (Phi) is 52.0. The third-order valence-electron chi connectivity index (χ3n) is 14.1. The molecule has 0 radical (unpaired) electrons. The molecule has 0 aliphatic carbocycles. The Morgan fingerprint density at radius 3 is 1.33 bits per heavy atom. The van der Waals surface area contributed by atoms with Crippen molar-refractivity contribution in [2.75, 3.05) is 13.2 Å². The molecule has 0 spiro atoms. The molecular weight excluding hydrogens is 1010 g/mol. The molecule has 1 aliphatic rings. The summed E-state index contributed by atoms with van der Waals surface area (Å²) in [5.74, 6) is -1.27. The second-order valence-corrected chi connectivity index (χ2v) is 21.4. The van der Waals surface area contributed by atoms with Crippen LogP contribution < -0.4 is 5.32 Å². The maximum Gasteiger partial charge on any atom is 0.306 e. The molecule has 6 N–H and O–H groups in total. The number of hydrogen-bond donors (Lipinski definition) is 6. The van der Waals surface area contributed by atoms with E-state index in [9.17, 15) is 35.1 Å². The smallest absolute Gasteiger partial charge is 0.306 e. The maximum atomic E-state index is 13.4. The van der Waals surface area contributed by atoms with Gasteiger partial charge in [0.25, 0.3) is 0 Å². The summed E-state index contributed by atoms with van der Waals surface area (Å²) in [4.78, 5) is 26.5. The van der Waals surface area contributed by atoms with Gasteiger partial charge in [-0.05, 0) is 109 Å². The fourth-order valence-corrected chi connectivity index (χ4v) is 9.06. The molecule has 1 rings (SSSR count). The van der Waals surface area contributed by atoms with Crippen molar-refractivity contribution >= 4 is 11.9 Å². The van der Waals surface area contributed by atoms with Crippen LogP contribution in [0.15, 0.2) is 134 Å². The second kappa shape index (κ2) is 56.3. The number of unbranched alkanes of at least 4 members (excludes halogenated alkanes) is 18. The monoisotopic (exact) mass is 1130 g/mol. The van der Waals surface area contributed by atoms with Crippen molar-refractivity contribution in [3.05, 3.63) is 134 Å². The zero-order valence-corrected chi connectivity index (χ0v) is 50.8. The predicted octanol–water partition coefficient (Wildman–Crippen LogP) is 15.6. The van der Waals surface area contributed by atoms with Crippen LogP contribution in [-0.2, 0) is 23.8 Å². The minimum absolute atomic E-state index is 0.101. The second-order valence-electron chi connectivity index (χ2n) is 21.4. The quantitative estimate of drug-likeness (QED) is 0.0195. The number of allylic oxidation sites excluding steroid dienone is 21. The number of nitrogens with one attached hydrogen (secondary N) is 1. The number of carbonyl (C=O) groups excluding carboxylic acids is 2. The van der Waals surface area contributed by atoms with Crippen LogP contribution in [0.1, 0.15) is 233 Å². The van der Waals surface area contributed by atoms with Gasteiger partial charge in [-0.25, -0.2) is 0 Å². The zero-order valence-electron chi connectivity index (χ0n) is 50.8. The highest BCUT2D eigenvalue weighted by atomic mass is 16.7. The van der Waals surface area contributed by atoms with Gasteiger partial charge >= 0.3 is 5.97 Å². The highest BCUT2D eigenvalue weighted by Crippen LogP contribution is 2.26. The summed E-state index contributed by atoms with van der Waals surface area (Å²) in [6, 6.07) is -1.06. The van der Waals surface area contributed by atoms with Gasteiger partial charge in [0.15, 0.2) is 12.4 Å². The highest BCUT2D eigenvalue weighted by Gasteiger charge is 2.47. The topological polar surface area (TPSA) is 175 Å². The molecule has 1 saturated heterocycles. The normalized spacial score (nSPS) is 19.6. The van der Waals surface area contributed by atoms with Crippen LogP contribution in [0, 0.1) is 0 Å². The fraction of sp³-hybridized carbons (Fsp3) is 0.657. The van der Waals surface area contributed by atoms with Crippen LogP contribution in [0.5, 0.6) is 0 Å². The number of carbonyl (C=O) groups is 2. The molecule has 8 unspecified atom stereocenters. The number of hydrogen-bond acceptors (Lipinski definition) is 10. The number of amides is 1. The molecule has 0 saturated carbocycles. The lowest BCUT2D eigenvalue weighted by molar-refractivity contribution is -0.305. The molecule has 81 heavy (non-hydrogen) atoms. The number of aliphatic hydroxyl groups is 5. The van der Waals surface area contributed by atoms with Gasteiger partial charge in [0.1, 0.15) is 24.4 Å². The highest BCUT2D eigenvalue weighted by molar-refractivity contribution is 5.80. The van der Waals surface area contributed by atoms with E-state index < -0.39 is 67.4 Å². The minimum Gasteiger partial charge on any atom is -0.454 e. The summed E-state index contributed by atoms with van der Waals surface area (Å²) in [6.45, 7) is 5.50. The molecule has 8 atom stereocenters. The largest absolute Gasteiger partial charge is 0.454 e. The Balaban J connectivity index is 2.65. The first-order valence-corrected chi connectivity index (χ1v) is 32.0. The first-order valence-electron chi connectivity index (χ1n) is 32.0. The van der Waals surface area contributed by atoms with E-state index in [1.165, 1.54) is 64.2 Å². The van der Waals surface area contributed by atoms with E-state index in [4.69, 9.17) is 14.2 Å². The van der Waals surface area contributed by atoms with Crippen LogP contribution >= 0.6 is 0 Å². The van der Waals surface area contributed by atoms with Gasteiger partial charge in [0, 0.05) is 6.42 Å². The van der Waals surface area contributed by atoms with Crippen molar-refractivity contribution in [1.29, 1.82) is 0 Å². The molecular formula is C70H115NO10. The molecule has 1 fully saturated rings. The van der Waals surface area contributed by atoms with Crippen molar-refractivity contribution in [2.45, 2.75) is 282 Å². The molecule has 460 valence electrons. The number of esters is 1. The Bertz CT molecular complexity index is 1830. The minimum atomic E-state index is -1.64. The van der Waals surface area contributed by atoms with Crippen LogP contribution in [0.4, 0.5) is 0 Å². The molecule has 11 nitrogen and oxygen atoms in total. The van der Waals surface area contributed by atoms with Crippen molar-refractivity contribution in [2.24, 2.45) is 0 Å². The molecule has 1 aliphatic heterocycles. The first-order chi connectivity index (χ1) is 39.7. The molecule has 0 aromatic rings. The Hall–Kier alpha value is -4.20. The van der Waals surface area contributed by atoms with Gasteiger partial charge in [0.05, 0.1) is 25.4 Å². The molecule has 1 amide bonds. The van der Waals surface area contributed by atoms with E-state index in [0.717, 1.165) is 122 Å². The first kappa shape index (κ1) is 74.8. The lowest BCUT2D eigenvalue weighted by atomic mass is 9.99. The van der Waals surface area contributed by atoms with Gasteiger partial charge in [-0.1, -0.05) is 251 Å². The van der Waals surface area contributed by atoms with Crippen molar-refractivity contribution in [3.8, 4) is 0 Å². The summed E-state index contributed by atoms with van der Waals surface area (Å²) >= 11 is 0. The van der Waals surface area contributed by atoms with Gasteiger partial charge in [-0.15, -0.1) is 0 Å². The maximum absolute atomic E-state index is 13.4. The lowest BCUT2D eigenvalue weighted by Gasteiger charge is -2.41. The Labute approximate surface area is 493 Å². The van der Waals surface area contributed by atoms with E-state index in [-0.39, 0.29) is 19.4 Å². The standard InChI is InChI=1S/C70H115NO10/c1-4-7-10-13-16-19-22-24-26-28-29-30-31-32-33-34-35-36-38-40-43-46-49-52-55-58-65(75)81-68-67(77)66(76)64(59-72)80-70(68)79-60-61(62(73)56-53-50-47-44-41-21-18-15-12-9-6-3)71-69(78)63(74)57-54-51-48-45-42-39-37-27-25-23-20-17-14-11-8-5-2/h7-8,10-11,16-17,19-20,24-27,29-30,32-33,39,42,48,51,53,56,61-64,66-68,70,72-74,76-77H,4-6,9,12-15,18,21-23,28,31,34-38,40-41,43-47,49-50,52,54-55,57-60H2,1-3H3,(H,71,78)/b10-7-,11-8-,19-16-,20-17-,26-24-,27-25-,30-29-,33-32-,42-39-,51-48-,56-53+. The van der Waals surface area contributed by atoms with Gasteiger partial charge in [0.2, 0.25) is 5.91 Å². The van der Waals surface area contributed by atoms with Crippen LogP contribution in [0.25, 0.3) is 0 Å². The summed E-state index contributed by atoms with van der Waals surface area (Å²) in [6.07, 6.45) is 69.3. The van der Waals surface area contributed by atoms with E-state index >= 15 is 0 Å². The zero-order chi connectivity index (χ0) is 58.9. The fourth-order valence-electron chi connectivity index (χ4n) is 9.06. The number of aliphatic hydroxyl groups excluding tert-OH is 5. The van der Waals surface area contributed by atoms with Crippen LogP contribution in [-0.4, -0.2) is 99.6 Å². The SMILES string of the molecule is CC/C=C\C/C=C\C/C=C\C/C=C\C/C=C\CCCCCCCCCCCC(=O)OC1C(OCC(NC(=O)C(O)CC/C=C\C/C=C\C/C=C\C/C=C\C/C=C\CC)C(O)/C=C/CCCCCCCCCCC)OC(CO)C(O)C1O. The number of rotatable bonds is 52.